The molecule has 0 aliphatic carbocycles. The number of nitrogens with one attached hydrogen (secondary N) is 1. The Hall–Kier alpha value is -1.61. The maximum absolute atomic E-state index is 6.26. The van der Waals surface area contributed by atoms with Crippen LogP contribution in [0, 0.1) is 0 Å². The summed E-state index contributed by atoms with van der Waals surface area (Å²) in [6.07, 6.45) is 1.06. The number of hydrazine groups is 1. The van der Waals surface area contributed by atoms with Crippen LogP contribution in [-0.4, -0.2) is 20.7 Å². The molecule has 2 aliphatic heterocycles. The second-order valence-corrected chi connectivity index (χ2v) is 8.30. The van der Waals surface area contributed by atoms with Crippen molar-refractivity contribution < 1.29 is 0 Å². The Bertz CT molecular complexity index is 959. The summed E-state index contributed by atoms with van der Waals surface area (Å²) in [4.78, 5) is 13.5. The van der Waals surface area contributed by atoms with E-state index in [1.54, 1.807) is 23.1 Å². The molecule has 2 aliphatic rings. The highest BCUT2D eigenvalue weighted by Crippen LogP contribution is 2.44. The summed E-state index contributed by atoms with van der Waals surface area (Å²) in [7, 11) is 0. The van der Waals surface area contributed by atoms with Crippen molar-refractivity contribution in [3.05, 3.63) is 33.8 Å². The fourth-order valence-electron chi connectivity index (χ4n) is 3.16. The predicted molar refractivity (Wildman–Crippen MR) is 98.5 cm³/mol. The molecule has 0 bridgehead atoms. The fourth-order valence-corrected chi connectivity index (χ4v) is 5.49. The van der Waals surface area contributed by atoms with Crippen LogP contribution in [0.4, 0.5) is 11.8 Å². The van der Waals surface area contributed by atoms with Gasteiger partial charge in [-0.2, -0.15) is 4.98 Å². The molecule has 0 amide bonds. The van der Waals surface area contributed by atoms with Gasteiger partial charge in [-0.25, -0.2) is 15.4 Å². The van der Waals surface area contributed by atoms with Crippen molar-refractivity contribution in [1.29, 1.82) is 0 Å². The van der Waals surface area contributed by atoms with Gasteiger partial charge in [-0.1, -0.05) is 17.7 Å². The van der Waals surface area contributed by atoms with E-state index in [4.69, 9.17) is 22.3 Å². The molecule has 3 aromatic rings. The first-order chi connectivity index (χ1) is 11.7. The first-order valence-electron chi connectivity index (χ1n) is 7.57. The van der Waals surface area contributed by atoms with E-state index in [1.807, 2.05) is 23.2 Å². The summed E-state index contributed by atoms with van der Waals surface area (Å²) in [5.74, 6) is 2.23. The number of hydrogen-bond acceptors (Lipinski definition) is 8. The standard InChI is InChI=1S/C15H13ClN6S2/c16-7-2-1-3-9-12(7)24-10(18-9)6-22-13-11-8(21-22)4-5-23-14(11)20-15(17)19-13/h1-3,8,21H,4-6H2,(H2,17,19,20). The molecule has 122 valence electrons. The molecule has 0 spiro atoms. The van der Waals surface area contributed by atoms with E-state index < -0.39 is 0 Å². The predicted octanol–water partition coefficient (Wildman–Crippen LogP) is 3.38. The normalized spacial score (nSPS) is 19.0. The Labute approximate surface area is 151 Å². The number of fused-ring (bicyclic) bond motifs is 1. The minimum Gasteiger partial charge on any atom is -0.368 e. The van der Waals surface area contributed by atoms with Crippen molar-refractivity contribution in [2.75, 3.05) is 16.5 Å². The maximum atomic E-state index is 6.26. The molecule has 0 saturated carbocycles. The van der Waals surface area contributed by atoms with Crippen molar-refractivity contribution in [2.24, 2.45) is 0 Å². The minimum absolute atomic E-state index is 0.259. The number of hydrogen-bond donors (Lipinski definition) is 2. The van der Waals surface area contributed by atoms with E-state index in [2.05, 4.69) is 15.4 Å². The Morgan fingerprint density at radius 1 is 1.33 bits per heavy atom. The van der Waals surface area contributed by atoms with Gasteiger partial charge < -0.3 is 5.73 Å². The highest BCUT2D eigenvalue weighted by Gasteiger charge is 2.36. The van der Waals surface area contributed by atoms with Crippen molar-refractivity contribution >= 4 is 56.7 Å². The molecule has 1 unspecified atom stereocenters. The first kappa shape index (κ1) is 14.7. The molecule has 0 fully saturated rings. The number of rotatable bonds is 2. The second kappa shape index (κ2) is 5.45. The number of nitrogens with zero attached hydrogens (tertiary/aromatic N) is 4. The van der Waals surface area contributed by atoms with E-state index in [0.29, 0.717) is 12.5 Å². The fraction of sp³-hybridized carbons (Fsp3) is 0.267. The van der Waals surface area contributed by atoms with E-state index in [9.17, 15) is 0 Å². The average molecular weight is 377 g/mol. The monoisotopic (exact) mass is 376 g/mol. The summed E-state index contributed by atoms with van der Waals surface area (Å²) < 4.78 is 1.02. The van der Waals surface area contributed by atoms with Gasteiger partial charge >= 0.3 is 0 Å². The largest absolute Gasteiger partial charge is 0.368 e. The third kappa shape index (κ3) is 2.25. The Balaban J connectivity index is 1.54. The van der Waals surface area contributed by atoms with Crippen molar-refractivity contribution in [3.8, 4) is 0 Å². The van der Waals surface area contributed by atoms with Crippen molar-refractivity contribution in [2.45, 2.75) is 24.0 Å². The smallest absolute Gasteiger partial charge is 0.223 e. The van der Waals surface area contributed by atoms with Crippen LogP contribution in [0.15, 0.2) is 23.2 Å². The number of thiazole rings is 1. The summed E-state index contributed by atoms with van der Waals surface area (Å²) in [6, 6.07) is 6.06. The van der Waals surface area contributed by atoms with Gasteiger partial charge in [0, 0.05) is 11.3 Å². The molecule has 0 radical (unpaired) electrons. The summed E-state index contributed by atoms with van der Waals surface area (Å²) in [5, 5.41) is 4.77. The van der Waals surface area contributed by atoms with Gasteiger partial charge in [-0.05, 0) is 18.6 Å². The van der Waals surface area contributed by atoms with Crippen LogP contribution in [0.1, 0.15) is 23.0 Å². The Morgan fingerprint density at radius 3 is 3.12 bits per heavy atom. The number of thioether (sulfide) groups is 1. The van der Waals surface area contributed by atoms with Crippen LogP contribution in [0.3, 0.4) is 0 Å². The highest BCUT2D eigenvalue weighted by molar-refractivity contribution is 7.99. The molecule has 9 heteroatoms. The first-order valence-corrected chi connectivity index (χ1v) is 9.75. The maximum Gasteiger partial charge on any atom is 0.223 e. The molecule has 5 rings (SSSR count). The van der Waals surface area contributed by atoms with E-state index >= 15 is 0 Å². The third-order valence-electron chi connectivity index (χ3n) is 4.17. The SMILES string of the molecule is Nc1nc2c3c(n1)N(Cc1nc4cccc(Cl)c4s1)NC3CCS2. The molecule has 3 N–H and O–H groups in total. The van der Waals surface area contributed by atoms with Gasteiger partial charge in [-0.15, -0.1) is 23.1 Å². The average Bonchev–Trinajstić information content (AvgIpc) is 3.11. The quantitative estimate of drug-likeness (QED) is 0.663. The molecule has 24 heavy (non-hydrogen) atoms. The molecule has 2 aromatic heterocycles. The van der Waals surface area contributed by atoms with Crippen LogP contribution >= 0.6 is 34.7 Å². The van der Waals surface area contributed by atoms with Gasteiger partial charge in [0.25, 0.3) is 0 Å². The van der Waals surface area contributed by atoms with Crippen LogP contribution < -0.4 is 16.2 Å². The molecule has 4 heterocycles. The zero-order valence-electron chi connectivity index (χ0n) is 12.5. The lowest BCUT2D eigenvalue weighted by Crippen LogP contribution is -2.34. The number of aromatic nitrogens is 3. The lowest BCUT2D eigenvalue weighted by Gasteiger charge is -2.19. The topological polar surface area (TPSA) is 80.0 Å². The van der Waals surface area contributed by atoms with E-state index in [-0.39, 0.29) is 6.04 Å². The lowest BCUT2D eigenvalue weighted by molar-refractivity contribution is 0.522. The molecule has 6 nitrogen and oxygen atoms in total. The van der Waals surface area contributed by atoms with Crippen molar-refractivity contribution in [1.82, 2.24) is 20.4 Å². The molecular weight excluding hydrogens is 364 g/mol. The Kier molecular flexibility index (Phi) is 3.34. The van der Waals surface area contributed by atoms with Gasteiger partial charge in [-0.3, -0.25) is 5.01 Å². The summed E-state index contributed by atoms with van der Waals surface area (Å²) in [6.45, 7) is 0.625. The molecule has 0 saturated heterocycles. The molecule has 1 aromatic carbocycles. The third-order valence-corrected chi connectivity index (χ3v) is 6.71. The van der Waals surface area contributed by atoms with Gasteiger partial charge in [0.05, 0.1) is 27.8 Å². The van der Waals surface area contributed by atoms with Crippen LogP contribution in [0.5, 0.6) is 0 Å². The van der Waals surface area contributed by atoms with E-state index in [1.165, 1.54) is 5.56 Å². The molecule has 1 atom stereocenters. The zero-order valence-corrected chi connectivity index (χ0v) is 14.9. The number of anilines is 2. The number of nitrogens with two attached hydrogens (primary N) is 1. The Morgan fingerprint density at radius 2 is 2.25 bits per heavy atom. The van der Waals surface area contributed by atoms with Crippen molar-refractivity contribution in [3.63, 3.8) is 0 Å². The minimum atomic E-state index is 0.259. The van der Waals surface area contributed by atoms with Gasteiger partial charge in [0.1, 0.15) is 10.0 Å². The number of nitrogen functional groups attached to an aromatic ring is 1. The van der Waals surface area contributed by atoms with Crippen LogP contribution in [0.25, 0.3) is 10.2 Å². The zero-order chi connectivity index (χ0) is 16.3. The van der Waals surface area contributed by atoms with Gasteiger partial charge in [0.2, 0.25) is 5.95 Å². The van der Waals surface area contributed by atoms with Crippen LogP contribution in [0.2, 0.25) is 5.02 Å². The summed E-state index contributed by atoms with van der Waals surface area (Å²) in [5.41, 5.74) is 11.5. The number of benzene rings is 1. The highest BCUT2D eigenvalue weighted by atomic mass is 35.5. The second-order valence-electron chi connectivity index (χ2n) is 5.72. The van der Waals surface area contributed by atoms with E-state index in [0.717, 1.165) is 43.3 Å². The van der Waals surface area contributed by atoms with Gasteiger partial charge in [0.15, 0.2) is 5.82 Å². The molecular formula is C15H13ClN6S2. The summed E-state index contributed by atoms with van der Waals surface area (Å²) >= 11 is 9.63. The number of halogens is 1. The van der Waals surface area contributed by atoms with Crippen LogP contribution in [-0.2, 0) is 6.54 Å². The lowest BCUT2D eigenvalue weighted by atomic mass is 10.1.